The van der Waals surface area contributed by atoms with E-state index in [1.807, 2.05) is 0 Å². The molecular formula is C11H15BrFNO3S. The number of benzene rings is 1. The van der Waals surface area contributed by atoms with E-state index in [0.29, 0.717) is 10.0 Å². The third-order valence-electron chi connectivity index (χ3n) is 2.35. The molecule has 0 spiro atoms. The highest BCUT2D eigenvalue weighted by molar-refractivity contribution is 9.10. The summed E-state index contributed by atoms with van der Waals surface area (Å²) in [6, 6.07) is 4.11. The number of hydrogen-bond donors (Lipinski definition) is 1. The third kappa shape index (κ3) is 5.01. The number of halogens is 2. The summed E-state index contributed by atoms with van der Waals surface area (Å²) in [7, 11) is -1.95. The molecule has 0 saturated carbocycles. The summed E-state index contributed by atoms with van der Waals surface area (Å²) in [5.41, 5.74) is 0.671. The molecule has 102 valence electrons. The maximum atomic E-state index is 12.9. The lowest BCUT2D eigenvalue weighted by Gasteiger charge is -2.11. The van der Waals surface area contributed by atoms with Crippen LogP contribution in [0.3, 0.4) is 0 Å². The van der Waals surface area contributed by atoms with E-state index in [0.717, 1.165) is 0 Å². The number of hydrogen-bond acceptors (Lipinski definition) is 3. The Hall–Kier alpha value is -0.500. The lowest BCUT2D eigenvalue weighted by Crippen LogP contribution is -2.31. The summed E-state index contributed by atoms with van der Waals surface area (Å²) in [5.74, 6) is -0.482. The molecule has 1 aromatic rings. The molecule has 7 heteroatoms. The highest BCUT2D eigenvalue weighted by Crippen LogP contribution is 2.18. The molecule has 0 aliphatic rings. The van der Waals surface area contributed by atoms with Crippen LogP contribution in [0.5, 0.6) is 0 Å². The van der Waals surface area contributed by atoms with Gasteiger partial charge in [-0.3, -0.25) is 0 Å². The monoisotopic (exact) mass is 339 g/mol. The summed E-state index contributed by atoms with van der Waals surface area (Å²) in [6.07, 6.45) is -0.376. The highest BCUT2D eigenvalue weighted by Gasteiger charge is 2.15. The second-order valence-electron chi connectivity index (χ2n) is 3.88. The van der Waals surface area contributed by atoms with Gasteiger partial charge in [0.15, 0.2) is 0 Å². The summed E-state index contributed by atoms with van der Waals surface area (Å²) in [4.78, 5) is 0. The maximum absolute atomic E-state index is 12.9. The molecule has 0 saturated heterocycles. The fraction of sp³-hybridized carbons (Fsp3) is 0.455. The van der Waals surface area contributed by atoms with Crippen molar-refractivity contribution in [3.8, 4) is 0 Å². The Morgan fingerprint density at radius 1 is 1.50 bits per heavy atom. The first-order chi connectivity index (χ1) is 8.34. The molecule has 0 unspecified atom stereocenters. The molecule has 1 aromatic carbocycles. The van der Waals surface area contributed by atoms with Crippen molar-refractivity contribution in [3.05, 3.63) is 34.1 Å². The Bertz CT molecular complexity index is 507. The average Bonchev–Trinajstić information content (AvgIpc) is 2.27. The lowest BCUT2D eigenvalue weighted by atomic mass is 10.2. The number of ether oxygens (including phenoxy) is 1. The van der Waals surface area contributed by atoms with E-state index >= 15 is 0 Å². The highest BCUT2D eigenvalue weighted by atomic mass is 79.9. The summed E-state index contributed by atoms with van der Waals surface area (Å²) in [6.45, 7) is 1.78. The predicted octanol–water partition coefficient (Wildman–Crippen LogP) is 2.04. The SMILES string of the molecule is CO[C@H](C)CS(=O)(=O)NCc1ccc(F)cc1Br. The molecule has 0 aliphatic carbocycles. The van der Waals surface area contributed by atoms with Gasteiger partial charge in [-0.15, -0.1) is 0 Å². The molecule has 0 bridgehead atoms. The molecule has 1 N–H and O–H groups in total. The Labute approximate surface area is 115 Å². The van der Waals surface area contributed by atoms with Gasteiger partial charge in [0.25, 0.3) is 0 Å². The number of methoxy groups -OCH3 is 1. The number of sulfonamides is 1. The van der Waals surface area contributed by atoms with E-state index in [1.165, 1.54) is 25.3 Å². The van der Waals surface area contributed by atoms with Crippen LogP contribution in [0.2, 0.25) is 0 Å². The molecule has 4 nitrogen and oxygen atoms in total. The second kappa shape index (κ2) is 6.60. The molecule has 18 heavy (non-hydrogen) atoms. The molecule has 1 rings (SSSR count). The first-order valence-electron chi connectivity index (χ1n) is 5.28. The van der Waals surface area contributed by atoms with Crippen molar-refractivity contribution in [1.29, 1.82) is 0 Å². The third-order valence-corrected chi connectivity index (χ3v) is 4.58. The van der Waals surface area contributed by atoms with Gasteiger partial charge in [-0.1, -0.05) is 22.0 Å². The van der Waals surface area contributed by atoms with Gasteiger partial charge in [0.05, 0.1) is 11.9 Å². The van der Waals surface area contributed by atoms with Crippen LogP contribution in [0.15, 0.2) is 22.7 Å². The van der Waals surface area contributed by atoms with Gasteiger partial charge in [0, 0.05) is 18.1 Å². The van der Waals surface area contributed by atoms with E-state index < -0.39 is 10.0 Å². The Morgan fingerprint density at radius 3 is 2.72 bits per heavy atom. The first kappa shape index (κ1) is 15.6. The smallest absolute Gasteiger partial charge is 0.214 e. The van der Waals surface area contributed by atoms with Crippen LogP contribution in [0.25, 0.3) is 0 Å². The quantitative estimate of drug-likeness (QED) is 0.862. The van der Waals surface area contributed by atoms with Crippen molar-refractivity contribution in [2.75, 3.05) is 12.9 Å². The fourth-order valence-corrected chi connectivity index (χ4v) is 3.03. The number of rotatable bonds is 6. The second-order valence-corrected chi connectivity index (χ2v) is 6.59. The van der Waals surface area contributed by atoms with Crippen molar-refractivity contribution >= 4 is 26.0 Å². The summed E-state index contributed by atoms with van der Waals surface area (Å²) < 4.78 is 44.1. The van der Waals surface area contributed by atoms with Crippen LogP contribution in [0, 0.1) is 5.82 Å². The van der Waals surface area contributed by atoms with E-state index in [1.54, 1.807) is 6.92 Å². The fourth-order valence-electron chi connectivity index (χ4n) is 1.29. The largest absolute Gasteiger partial charge is 0.381 e. The standard InChI is InChI=1S/C11H15BrFNO3S/c1-8(17-2)7-18(15,16)14-6-9-3-4-10(13)5-11(9)12/h3-5,8,14H,6-7H2,1-2H3/t8-/m1/s1. The van der Waals surface area contributed by atoms with E-state index in [2.05, 4.69) is 20.7 Å². The number of nitrogens with one attached hydrogen (secondary N) is 1. The molecule has 0 heterocycles. The summed E-state index contributed by atoms with van der Waals surface area (Å²) >= 11 is 3.18. The van der Waals surface area contributed by atoms with Crippen LogP contribution < -0.4 is 4.72 Å². The Kier molecular flexibility index (Phi) is 5.71. The topological polar surface area (TPSA) is 55.4 Å². The minimum Gasteiger partial charge on any atom is -0.381 e. The van der Waals surface area contributed by atoms with Crippen molar-refractivity contribution in [3.63, 3.8) is 0 Å². The van der Waals surface area contributed by atoms with E-state index in [9.17, 15) is 12.8 Å². The maximum Gasteiger partial charge on any atom is 0.214 e. The Balaban J connectivity index is 2.64. The lowest BCUT2D eigenvalue weighted by molar-refractivity contribution is 0.136. The molecule has 0 fully saturated rings. The Morgan fingerprint density at radius 2 is 2.17 bits per heavy atom. The van der Waals surface area contributed by atoms with Crippen LogP contribution in [0.4, 0.5) is 4.39 Å². The van der Waals surface area contributed by atoms with Crippen molar-refractivity contribution in [2.45, 2.75) is 19.6 Å². The minimum absolute atomic E-state index is 0.109. The van der Waals surface area contributed by atoms with Gasteiger partial charge in [0.2, 0.25) is 10.0 Å². The van der Waals surface area contributed by atoms with Crippen LogP contribution in [-0.2, 0) is 21.3 Å². The normalized spacial score (nSPS) is 13.6. The van der Waals surface area contributed by atoms with Gasteiger partial charge in [-0.2, -0.15) is 0 Å². The predicted molar refractivity (Wildman–Crippen MR) is 71.2 cm³/mol. The van der Waals surface area contributed by atoms with Gasteiger partial charge in [-0.25, -0.2) is 17.5 Å². The zero-order valence-electron chi connectivity index (χ0n) is 10.1. The van der Waals surface area contributed by atoms with Crippen LogP contribution in [0.1, 0.15) is 12.5 Å². The van der Waals surface area contributed by atoms with E-state index in [4.69, 9.17) is 4.74 Å². The first-order valence-corrected chi connectivity index (χ1v) is 7.72. The summed E-state index contributed by atoms with van der Waals surface area (Å²) in [5, 5.41) is 0. The van der Waals surface area contributed by atoms with Gasteiger partial charge < -0.3 is 4.74 Å². The van der Waals surface area contributed by atoms with Crippen molar-refractivity contribution in [1.82, 2.24) is 4.72 Å². The molecule has 0 aromatic heterocycles. The van der Waals surface area contributed by atoms with Gasteiger partial charge in [0.1, 0.15) is 5.82 Å². The minimum atomic E-state index is -3.41. The van der Waals surface area contributed by atoms with E-state index in [-0.39, 0.29) is 24.2 Å². The molecule has 0 radical (unpaired) electrons. The molecular weight excluding hydrogens is 325 g/mol. The average molecular weight is 340 g/mol. The van der Waals surface area contributed by atoms with Crippen molar-refractivity contribution < 1.29 is 17.5 Å². The molecule has 0 amide bonds. The molecule has 0 aliphatic heterocycles. The van der Waals surface area contributed by atoms with Crippen LogP contribution in [-0.4, -0.2) is 27.4 Å². The van der Waals surface area contributed by atoms with Crippen molar-refractivity contribution in [2.24, 2.45) is 0 Å². The zero-order chi connectivity index (χ0) is 13.8. The van der Waals surface area contributed by atoms with Crippen LogP contribution >= 0.6 is 15.9 Å². The van der Waals surface area contributed by atoms with Gasteiger partial charge >= 0.3 is 0 Å². The van der Waals surface area contributed by atoms with Gasteiger partial charge in [-0.05, 0) is 24.6 Å². The molecule has 1 atom stereocenters. The zero-order valence-corrected chi connectivity index (χ0v) is 12.5.